The van der Waals surface area contributed by atoms with E-state index in [4.69, 9.17) is 0 Å². The first-order valence-electron chi connectivity index (χ1n) is 7.31. The smallest absolute Gasteiger partial charge is 0.227 e. The van der Waals surface area contributed by atoms with Gasteiger partial charge in [0.05, 0.1) is 12.0 Å². The lowest BCUT2D eigenvalue weighted by molar-refractivity contribution is -0.138. The first kappa shape index (κ1) is 15.0. The molecule has 1 aliphatic rings. The minimum absolute atomic E-state index is 0.0269. The van der Waals surface area contributed by atoms with Crippen LogP contribution in [0.25, 0.3) is 0 Å². The van der Waals surface area contributed by atoms with Gasteiger partial charge >= 0.3 is 0 Å². The van der Waals surface area contributed by atoms with Crippen LogP contribution in [0.5, 0.6) is 0 Å². The Morgan fingerprint density at radius 3 is 2.55 bits per heavy atom. The number of rotatable bonds is 4. The Morgan fingerprint density at radius 1 is 1.40 bits per heavy atom. The lowest BCUT2D eigenvalue weighted by Gasteiger charge is -2.31. The van der Waals surface area contributed by atoms with Gasteiger partial charge in [-0.3, -0.25) is 4.79 Å². The molecule has 0 aromatic heterocycles. The van der Waals surface area contributed by atoms with Gasteiger partial charge in [-0.1, -0.05) is 19.1 Å². The lowest BCUT2D eigenvalue weighted by Crippen LogP contribution is -2.40. The monoisotopic (exact) mass is 278 g/mol. The summed E-state index contributed by atoms with van der Waals surface area (Å²) in [6.45, 7) is 8.43. The van der Waals surface area contributed by atoms with Crippen molar-refractivity contribution in [2.24, 2.45) is 11.8 Å². The van der Waals surface area contributed by atoms with Crippen molar-refractivity contribution >= 4 is 5.91 Å². The highest BCUT2D eigenvalue weighted by Crippen LogP contribution is 2.26. The zero-order chi connectivity index (χ0) is 14.7. The predicted octanol–water partition coefficient (Wildman–Crippen LogP) is 2.59. The fourth-order valence-corrected chi connectivity index (χ4v) is 2.90. The highest BCUT2D eigenvalue weighted by Gasteiger charge is 2.34. The maximum atomic E-state index is 13.0. The fourth-order valence-electron chi connectivity index (χ4n) is 2.90. The van der Waals surface area contributed by atoms with Crippen molar-refractivity contribution in [3.05, 3.63) is 35.6 Å². The Balaban J connectivity index is 2.14. The number of hydrogen-bond donors (Lipinski definition) is 1. The molecule has 0 radical (unpaired) electrons. The second kappa shape index (κ2) is 6.35. The zero-order valence-electron chi connectivity index (χ0n) is 12.4. The number of halogens is 1. The zero-order valence-corrected chi connectivity index (χ0v) is 12.4. The molecule has 1 aliphatic heterocycles. The van der Waals surface area contributed by atoms with Gasteiger partial charge in [0.1, 0.15) is 5.82 Å². The molecule has 0 bridgehead atoms. The van der Waals surface area contributed by atoms with E-state index in [1.54, 1.807) is 12.1 Å². The Morgan fingerprint density at radius 2 is 2.05 bits per heavy atom. The van der Waals surface area contributed by atoms with Gasteiger partial charge in [-0.2, -0.15) is 0 Å². The van der Waals surface area contributed by atoms with Crippen molar-refractivity contribution < 1.29 is 9.18 Å². The van der Waals surface area contributed by atoms with Gasteiger partial charge in [-0.25, -0.2) is 4.39 Å². The first-order valence-corrected chi connectivity index (χ1v) is 7.31. The van der Waals surface area contributed by atoms with Crippen molar-refractivity contribution in [3.8, 4) is 0 Å². The van der Waals surface area contributed by atoms with Crippen LogP contribution in [0.2, 0.25) is 0 Å². The van der Waals surface area contributed by atoms with E-state index in [1.165, 1.54) is 12.1 Å². The highest BCUT2D eigenvalue weighted by atomic mass is 19.1. The third-order valence-corrected chi connectivity index (χ3v) is 4.28. The van der Waals surface area contributed by atoms with Crippen LogP contribution in [0.15, 0.2) is 24.3 Å². The summed E-state index contributed by atoms with van der Waals surface area (Å²) in [6, 6.07) is 6.38. The molecule has 2 rings (SSSR count). The number of nitrogens with one attached hydrogen (secondary N) is 1. The molecule has 1 aromatic carbocycles. The standard InChI is InChI=1S/C16H23FN2O/c1-4-19(16(20)15-10-18-9-11(15)2)12(3)13-5-7-14(17)8-6-13/h5-8,11-12,15,18H,4,9-10H2,1-3H3. The predicted molar refractivity (Wildman–Crippen MR) is 77.7 cm³/mol. The molecular formula is C16H23FN2O. The maximum Gasteiger partial charge on any atom is 0.227 e. The summed E-state index contributed by atoms with van der Waals surface area (Å²) in [5.74, 6) is 0.376. The number of carbonyl (C=O) groups is 1. The summed E-state index contributed by atoms with van der Waals surface area (Å²) in [6.07, 6.45) is 0. The summed E-state index contributed by atoms with van der Waals surface area (Å²) in [5.41, 5.74) is 0.972. The topological polar surface area (TPSA) is 32.3 Å². The van der Waals surface area contributed by atoms with E-state index in [-0.39, 0.29) is 23.7 Å². The first-order chi connectivity index (χ1) is 9.54. The van der Waals surface area contributed by atoms with Gasteiger partial charge in [-0.05, 0) is 44.0 Å². The second-order valence-corrected chi connectivity index (χ2v) is 5.59. The van der Waals surface area contributed by atoms with Crippen LogP contribution in [0.3, 0.4) is 0 Å². The summed E-state index contributed by atoms with van der Waals surface area (Å²) in [7, 11) is 0. The molecule has 1 N–H and O–H groups in total. The summed E-state index contributed by atoms with van der Waals surface area (Å²) in [4.78, 5) is 14.6. The van der Waals surface area contributed by atoms with E-state index in [0.717, 1.165) is 18.7 Å². The number of hydrogen-bond acceptors (Lipinski definition) is 2. The van der Waals surface area contributed by atoms with Crippen LogP contribution in [-0.4, -0.2) is 30.4 Å². The Labute approximate surface area is 120 Å². The quantitative estimate of drug-likeness (QED) is 0.918. The normalized spacial score (nSPS) is 23.6. The molecule has 3 nitrogen and oxygen atoms in total. The number of benzene rings is 1. The Bertz CT molecular complexity index is 460. The third kappa shape index (κ3) is 3.01. The SMILES string of the molecule is CCN(C(=O)C1CNCC1C)C(C)c1ccc(F)cc1. The molecule has 3 unspecified atom stereocenters. The molecule has 1 heterocycles. The van der Waals surface area contributed by atoms with Crippen LogP contribution in [-0.2, 0) is 4.79 Å². The molecule has 1 saturated heterocycles. The van der Waals surface area contributed by atoms with E-state index in [1.807, 2.05) is 18.7 Å². The molecular weight excluding hydrogens is 255 g/mol. The molecule has 1 amide bonds. The van der Waals surface area contributed by atoms with Gasteiger partial charge in [-0.15, -0.1) is 0 Å². The van der Waals surface area contributed by atoms with Crippen molar-refractivity contribution in [2.45, 2.75) is 26.8 Å². The van der Waals surface area contributed by atoms with Gasteiger partial charge < -0.3 is 10.2 Å². The van der Waals surface area contributed by atoms with Crippen LogP contribution >= 0.6 is 0 Å². The maximum absolute atomic E-state index is 13.0. The van der Waals surface area contributed by atoms with Crippen LogP contribution in [0, 0.1) is 17.7 Å². The fraction of sp³-hybridized carbons (Fsp3) is 0.562. The second-order valence-electron chi connectivity index (χ2n) is 5.59. The molecule has 110 valence electrons. The molecule has 0 aliphatic carbocycles. The Kier molecular flexibility index (Phi) is 4.76. The molecule has 0 saturated carbocycles. The summed E-state index contributed by atoms with van der Waals surface area (Å²) >= 11 is 0. The largest absolute Gasteiger partial charge is 0.336 e. The van der Waals surface area contributed by atoms with Crippen molar-refractivity contribution in [2.75, 3.05) is 19.6 Å². The number of carbonyl (C=O) groups excluding carboxylic acids is 1. The van der Waals surface area contributed by atoms with Gasteiger partial charge in [0, 0.05) is 13.1 Å². The minimum Gasteiger partial charge on any atom is -0.336 e. The van der Waals surface area contributed by atoms with Crippen LogP contribution < -0.4 is 5.32 Å². The van der Waals surface area contributed by atoms with E-state index < -0.39 is 0 Å². The van der Waals surface area contributed by atoms with Crippen LogP contribution in [0.1, 0.15) is 32.4 Å². The molecule has 4 heteroatoms. The molecule has 1 fully saturated rings. The lowest BCUT2D eigenvalue weighted by atomic mass is 9.95. The van der Waals surface area contributed by atoms with Crippen molar-refractivity contribution in [3.63, 3.8) is 0 Å². The average molecular weight is 278 g/mol. The van der Waals surface area contributed by atoms with Gasteiger partial charge in [0.25, 0.3) is 0 Å². The van der Waals surface area contributed by atoms with Gasteiger partial charge in [0.15, 0.2) is 0 Å². The summed E-state index contributed by atoms with van der Waals surface area (Å²) < 4.78 is 13.0. The average Bonchev–Trinajstić information content (AvgIpc) is 2.86. The van der Waals surface area contributed by atoms with E-state index in [9.17, 15) is 9.18 Å². The highest BCUT2D eigenvalue weighted by molar-refractivity contribution is 5.80. The van der Waals surface area contributed by atoms with E-state index in [0.29, 0.717) is 12.5 Å². The van der Waals surface area contributed by atoms with E-state index in [2.05, 4.69) is 12.2 Å². The number of amides is 1. The van der Waals surface area contributed by atoms with Gasteiger partial charge in [0.2, 0.25) is 5.91 Å². The van der Waals surface area contributed by atoms with Crippen molar-refractivity contribution in [1.82, 2.24) is 10.2 Å². The summed E-state index contributed by atoms with van der Waals surface area (Å²) in [5, 5.41) is 3.27. The van der Waals surface area contributed by atoms with Crippen LogP contribution in [0.4, 0.5) is 4.39 Å². The van der Waals surface area contributed by atoms with E-state index >= 15 is 0 Å². The molecule has 20 heavy (non-hydrogen) atoms. The molecule has 1 aromatic rings. The molecule has 0 spiro atoms. The van der Waals surface area contributed by atoms with Crippen molar-refractivity contribution in [1.29, 1.82) is 0 Å². The minimum atomic E-state index is -0.246. The third-order valence-electron chi connectivity index (χ3n) is 4.28. The molecule has 3 atom stereocenters. The number of nitrogens with zero attached hydrogens (tertiary/aromatic N) is 1. The Hall–Kier alpha value is -1.42.